The molecule has 3 rings (SSSR count). The van der Waals surface area contributed by atoms with Gasteiger partial charge in [0.1, 0.15) is 6.04 Å². The molecular formula is C30H35BrN2O2. The van der Waals surface area contributed by atoms with Crippen molar-refractivity contribution < 1.29 is 9.59 Å². The summed E-state index contributed by atoms with van der Waals surface area (Å²) in [7, 11) is 0. The topological polar surface area (TPSA) is 49.4 Å². The molecule has 0 saturated heterocycles. The maximum atomic E-state index is 13.6. The number of likely N-dealkylation sites (N-methyl/N-ethyl adjacent to an activating group) is 1. The third-order valence-corrected chi connectivity index (χ3v) is 6.69. The van der Waals surface area contributed by atoms with Gasteiger partial charge in [0, 0.05) is 30.4 Å². The maximum absolute atomic E-state index is 13.6. The number of nitrogens with zero attached hydrogens (tertiary/aromatic N) is 1. The quantitative estimate of drug-likeness (QED) is 0.314. The van der Waals surface area contributed by atoms with Crippen LogP contribution in [0, 0.1) is 0 Å². The molecule has 0 fully saturated rings. The van der Waals surface area contributed by atoms with Crippen molar-refractivity contribution in [3.05, 3.63) is 106 Å². The number of benzene rings is 3. The zero-order chi connectivity index (χ0) is 25.2. The summed E-state index contributed by atoms with van der Waals surface area (Å²) in [5.41, 5.74) is 4.44. The van der Waals surface area contributed by atoms with Gasteiger partial charge in [0.2, 0.25) is 11.8 Å². The smallest absolute Gasteiger partial charge is 0.243 e. The molecule has 3 aromatic carbocycles. The van der Waals surface area contributed by atoms with Crippen molar-refractivity contribution in [3.8, 4) is 0 Å². The van der Waals surface area contributed by atoms with E-state index in [1.165, 1.54) is 5.56 Å². The van der Waals surface area contributed by atoms with Crippen molar-refractivity contribution in [2.75, 3.05) is 6.54 Å². The van der Waals surface area contributed by atoms with Gasteiger partial charge in [-0.05, 0) is 53.6 Å². The van der Waals surface area contributed by atoms with Gasteiger partial charge >= 0.3 is 0 Å². The van der Waals surface area contributed by atoms with E-state index < -0.39 is 6.04 Å². The van der Waals surface area contributed by atoms with Crippen molar-refractivity contribution in [2.24, 2.45) is 0 Å². The molecule has 0 spiro atoms. The minimum Gasteiger partial charge on any atom is -0.355 e. The molecule has 5 heteroatoms. The van der Waals surface area contributed by atoms with E-state index in [9.17, 15) is 9.59 Å². The SMILES string of the molecule is CCNC(=O)[C@@H](Cc1ccccc1)N(Cc1ccc(Br)cc1)C(=O)CCc1ccc(C(C)C)cc1. The van der Waals surface area contributed by atoms with Crippen molar-refractivity contribution in [1.29, 1.82) is 0 Å². The lowest BCUT2D eigenvalue weighted by molar-refractivity contribution is -0.141. The zero-order valence-corrected chi connectivity index (χ0v) is 22.4. The summed E-state index contributed by atoms with van der Waals surface area (Å²) in [6.45, 7) is 7.15. The first-order valence-electron chi connectivity index (χ1n) is 12.3. The van der Waals surface area contributed by atoms with Crippen LogP contribution in [0.1, 0.15) is 55.4 Å². The summed E-state index contributed by atoms with van der Waals surface area (Å²) >= 11 is 3.48. The minimum atomic E-state index is -0.586. The fourth-order valence-electron chi connectivity index (χ4n) is 4.10. The van der Waals surface area contributed by atoms with Crippen molar-refractivity contribution in [1.82, 2.24) is 10.2 Å². The molecule has 0 aromatic heterocycles. The van der Waals surface area contributed by atoms with Crippen LogP contribution >= 0.6 is 15.9 Å². The predicted molar refractivity (Wildman–Crippen MR) is 146 cm³/mol. The van der Waals surface area contributed by atoms with Crippen molar-refractivity contribution in [2.45, 2.75) is 58.5 Å². The molecule has 0 saturated carbocycles. The third kappa shape index (κ3) is 8.07. The number of aryl methyl sites for hydroxylation is 1. The maximum Gasteiger partial charge on any atom is 0.243 e. The lowest BCUT2D eigenvalue weighted by Gasteiger charge is -2.31. The van der Waals surface area contributed by atoms with Gasteiger partial charge < -0.3 is 10.2 Å². The van der Waals surface area contributed by atoms with E-state index >= 15 is 0 Å². The molecule has 0 aliphatic rings. The molecule has 35 heavy (non-hydrogen) atoms. The lowest BCUT2D eigenvalue weighted by Crippen LogP contribution is -2.50. The summed E-state index contributed by atoms with van der Waals surface area (Å²) in [4.78, 5) is 28.6. The summed E-state index contributed by atoms with van der Waals surface area (Å²) < 4.78 is 0.980. The van der Waals surface area contributed by atoms with Gasteiger partial charge in [-0.3, -0.25) is 9.59 Å². The number of hydrogen-bond acceptors (Lipinski definition) is 2. The van der Waals surface area contributed by atoms with Gasteiger partial charge in [-0.15, -0.1) is 0 Å². The van der Waals surface area contributed by atoms with Crippen LogP contribution in [0.3, 0.4) is 0 Å². The van der Waals surface area contributed by atoms with E-state index in [1.54, 1.807) is 4.90 Å². The van der Waals surface area contributed by atoms with Crippen LogP contribution in [0.5, 0.6) is 0 Å². The predicted octanol–water partition coefficient (Wildman–Crippen LogP) is 6.28. The molecule has 0 unspecified atom stereocenters. The molecule has 184 valence electrons. The van der Waals surface area contributed by atoms with Crippen LogP contribution in [0.2, 0.25) is 0 Å². The Kier molecular flexibility index (Phi) is 10.1. The average molecular weight is 536 g/mol. The molecule has 4 nitrogen and oxygen atoms in total. The molecular weight excluding hydrogens is 500 g/mol. The standard InChI is InChI=1S/C30H35BrN2O2/c1-4-32-30(35)28(20-24-8-6-5-7-9-24)33(21-25-12-17-27(31)18-13-25)29(34)19-14-23-10-15-26(16-11-23)22(2)3/h5-13,15-18,22,28H,4,14,19-21H2,1-3H3,(H,32,35)/t28-/m1/s1. The van der Waals surface area contributed by atoms with E-state index in [2.05, 4.69) is 59.4 Å². The van der Waals surface area contributed by atoms with Gasteiger partial charge in [0.05, 0.1) is 0 Å². The first kappa shape index (κ1) is 26.7. The minimum absolute atomic E-state index is 0.0203. The molecule has 1 N–H and O–H groups in total. The largest absolute Gasteiger partial charge is 0.355 e. The zero-order valence-electron chi connectivity index (χ0n) is 20.8. The van der Waals surface area contributed by atoms with Crippen LogP contribution < -0.4 is 5.32 Å². The number of halogens is 1. The number of amides is 2. The van der Waals surface area contributed by atoms with Gasteiger partial charge in [-0.2, -0.15) is 0 Å². The highest BCUT2D eigenvalue weighted by Gasteiger charge is 2.29. The second-order valence-electron chi connectivity index (χ2n) is 9.14. The fraction of sp³-hybridized carbons (Fsp3) is 0.333. The Labute approximate surface area is 217 Å². The summed E-state index contributed by atoms with van der Waals surface area (Å²) in [5, 5.41) is 2.95. The number of nitrogens with one attached hydrogen (secondary N) is 1. The number of hydrogen-bond donors (Lipinski definition) is 1. The average Bonchev–Trinajstić information content (AvgIpc) is 2.86. The Bertz CT molecular complexity index is 1080. The second-order valence-corrected chi connectivity index (χ2v) is 10.1. The Morgan fingerprint density at radius 2 is 1.49 bits per heavy atom. The number of carbonyl (C=O) groups excluding carboxylic acids is 2. The number of rotatable bonds is 11. The van der Waals surface area contributed by atoms with E-state index in [4.69, 9.17) is 0 Å². The third-order valence-electron chi connectivity index (χ3n) is 6.16. The summed E-state index contributed by atoms with van der Waals surface area (Å²) in [5.74, 6) is 0.332. The van der Waals surface area contributed by atoms with E-state index in [-0.39, 0.29) is 11.8 Å². The molecule has 2 amide bonds. The highest BCUT2D eigenvalue weighted by atomic mass is 79.9. The molecule has 0 heterocycles. The second kappa shape index (κ2) is 13.2. The monoisotopic (exact) mass is 534 g/mol. The highest BCUT2D eigenvalue weighted by molar-refractivity contribution is 9.10. The number of carbonyl (C=O) groups is 2. The Morgan fingerprint density at radius 1 is 0.857 bits per heavy atom. The van der Waals surface area contributed by atoms with Crippen LogP contribution in [0.25, 0.3) is 0 Å². The normalized spacial score (nSPS) is 11.8. The molecule has 0 bridgehead atoms. The van der Waals surface area contributed by atoms with Crippen molar-refractivity contribution >= 4 is 27.7 Å². The first-order chi connectivity index (χ1) is 16.9. The van der Waals surface area contributed by atoms with Gasteiger partial charge in [-0.25, -0.2) is 0 Å². The van der Waals surface area contributed by atoms with E-state index in [0.717, 1.165) is 21.2 Å². The summed E-state index contributed by atoms with van der Waals surface area (Å²) in [6, 6.07) is 25.7. The Hall–Kier alpha value is -2.92. The molecule has 0 aliphatic carbocycles. The van der Waals surface area contributed by atoms with Crippen LogP contribution in [-0.4, -0.2) is 29.3 Å². The lowest BCUT2D eigenvalue weighted by atomic mass is 9.99. The van der Waals surface area contributed by atoms with E-state index in [0.29, 0.717) is 38.3 Å². The summed E-state index contributed by atoms with van der Waals surface area (Å²) in [6.07, 6.45) is 1.46. The van der Waals surface area contributed by atoms with Crippen LogP contribution in [0.15, 0.2) is 83.3 Å². The first-order valence-corrected chi connectivity index (χ1v) is 13.1. The Morgan fingerprint density at radius 3 is 2.09 bits per heavy atom. The van der Waals surface area contributed by atoms with Crippen molar-refractivity contribution in [3.63, 3.8) is 0 Å². The molecule has 0 aliphatic heterocycles. The molecule has 0 radical (unpaired) electrons. The highest BCUT2D eigenvalue weighted by Crippen LogP contribution is 2.20. The fourth-order valence-corrected chi connectivity index (χ4v) is 4.36. The van der Waals surface area contributed by atoms with Gasteiger partial charge in [0.15, 0.2) is 0 Å². The van der Waals surface area contributed by atoms with Gasteiger partial charge in [-0.1, -0.05) is 96.5 Å². The van der Waals surface area contributed by atoms with Gasteiger partial charge in [0.25, 0.3) is 0 Å². The van der Waals surface area contributed by atoms with Crippen LogP contribution in [0.4, 0.5) is 0 Å². The van der Waals surface area contributed by atoms with Crippen LogP contribution in [-0.2, 0) is 29.0 Å². The molecule has 1 atom stereocenters. The molecule has 3 aromatic rings. The van der Waals surface area contributed by atoms with E-state index in [1.807, 2.05) is 61.5 Å². The Balaban J connectivity index is 1.85.